The molecular formula is C23H19N3O3S4. The number of aryl methyl sites for hydroxylation is 1. The fourth-order valence-corrected chi connectivity index (χ4v) is 6.79. The number of H-pyrrole nitrogens is 1. The third kappa shape index (κ3) is 5.62. The van der Waals surface area contributed by atoms with Gasteiger partial charge in [-0.3, -0.25) is 4.79 Å². The molecule has 4 heterocycles. The smallest absolute Gasteiger partial charge is 0.346 e. The van der Waals surface area contributed by atoms with Gasteiger partial charge in [-0.1, -0.05) is 24.2 Å². The molecule has 4 rings (SSSR count). The number of thiophene rings is 3. The van der Waals surface area contributed by atoms with Crippen molar-refractivity contribution in [3.63, 3.8) is 0 Å². The molecule has 4 aromatic rings. The van der Waals surface area contributed by atoms with Crippen LogP contribution in [-0.4, -0.2) is 26.8 Å². The van der Waals surface area contributed by atoms with Crippen molar-refractivity contribution < 1.29 is 9.90 Å². The number of aromatic carboxylic acids is 1. The second-order valence-corrected chi connectivity index (χ2v) is 11.1. The second kappa shape index (κ2) is 10.9. The molecule has 10 heteroatoms. The number of carboxylic acids is 1. The first kappa shape index (κ1) is 23.4. The van der Waals surface area contributed by atoms with Crippen LogP contribution in [-0.2, 0) is 6.42 Å². The van der Waals surface area contributed by atoms with Crippen molar-refractivity contribution in [3.05, 3.63) is 67.4 Å². The van der Waals surface area contributed by atoms with Crippen molar-refractivity contribution in [2.45, 2.75) is 30.8 Å². The molecule has 4 aromatic heterocycles. The van der Waals surface area contributed by atoms with E-state index in [0.717, 1.165) is 51.6 Å². The molecule has 0 atom stereocenters. The van der Waals surface area contributed by atoms with Crippen LogP contribution in [0.3, 0.4) is 0 Å². The quantitative estimate of drug-likeness (QED) is 0.145. The van der Waals surface area contributed by atoms with E-state index in [0.29, 0.717) is 15.7 Å². The number of nitriles is 1. The lowest BCUT2D eigenvalue weighted by molar-refractivity contribution is 0.0701. The number of unbranched alkanes of at least 4 members (excludes halogenated alkanes) is 2. The van der Waals surface area contributed by atoms with Gasteiger partial charge in [-0.25, -0.2) is 9.78 Å². The van der Waals surface area contributed by atoms with Crippen molar-refractivity contribution in [1.82, 2.24) is 9.97 Å². The van der Waals surface area contributed by atoms with Gasteiger partial charge in [0.25, 0.3) is 5.56 Å². The molecule has 0 aliphatic carbocycles. The number of aromatic amines is 1. The van der Waals surface area contributed by atoms with Crippen LogP contribution in [0, 0.1) is 11.3 Å². The van der Waals surface area contributed by atoms with Crippen molar-refractivity contribution in [2.75, 3.05) is 5.75 Å². The van der Waals surface area contributed by atoms with Gasteiger partial charge < -0.3 is 10.1 Å². The van der Waals surface area contributed by atoms with Gasteiger partial charge in [0.2, 0.25) is 0 Å². The number of rotatable bonds is 10. The molecule has 0 bridgehead atoms. The molecule has 0 radical (unpaired) electrons. The normalized spacial score (nSPS) is 10.9. The third-order valence-corrected chi connectivity index (χ3v) is 8.95. The van der Waals surface area contributed by atoms with Crippen LogP contribution >= 0.6 is 45.8 Å². The summed E-state index contributed by atoms with van der Waals surface area (Å²) in [6.07, 6.45) is 3.51. The Kier molecular flexibility index (Phi) is 7.77. The zero-order chi connectivity index (χ0) is 23.2. The molecule has 0 fully saturated rings. The average Bonchev–Trinajstić information content (AvgIpc) is 3.56. The van der Waals surface area contributed by atoms with Crippen molar-refractivity contribution >= 4 is 51.7 Å². The highest BCUT2D eigenvalue weighted by Gasteiger charge is 2.16. The first-order chi connectivity index (χ1) is 16.1. The Labute approximate surface area is 206 Å². The van der Waals surface area contributed by atoms with Crippen molar-refractivity contribution in [1.29, 1.82) is 5.26 Å². The fraction of sp³-hybridized carbons (Fsp3) is 0.217. The number of aromatic nitrogens is 2. The van der Waals surface area contributed by atoms with Crippen LogP contribution < -0.4 is 5.56 Å². The zero-order valence-electron chi connectivity index (χ0n) is 17.4. The van der Waals surface area contributed by atoms with Crippen molar-refractivity contribution in [2.24, 2.45) is 0 Å². The Hall–Kier alpha value is -2.71. The highest BCUT2D eigenvalue weighted by atomic mass is 32.2. The monoisotopic (exact) mass is 513 g/mol. The number of hydrogen-bond donors (Lipinski definition) is 2. The Morgan fingerprint density at radius 3 is 2.70 bits per heavy atom. The molecule has 168 valence electrons. The fourth-order valence-electron chi connectivity index (χ4n) is 3.30. The predicted molar refractivity (Wildman–Crippen MR) is 136 cm³/mol. The number of nitrogens with zero attached hydrogens (tertiary/aromatic N) is 2. The lowest BCUT2D eigenvalue weighted by Gasteiger charge is -2.05. The average molecular weight is 514 g/mol. The van der Waals surface area contributed by atoms with Gasteiger partial charge in [-0.15, -0.1) is 34.0 Å². The minimum atomic E-state index is -0.865. The lowest BCUT2D eigenvalue weighted by Crippen LogP contribution is -2.14. The van der Waals surface area contributed by atoms with E-state index in [1.165, 1.54) is 34.4 Å². The molecule has 0 amide bonds. The molecule has 2 N–H and O–H groups in total. The van der Waals surface area contributed by atoms with E-state index in [1.807, 2.05) is 47.2 Å². The molecule has 0 saturated carbocycles. The van der Waals surface area contributed by atoms with Crippen LogP contribution in [0.15, 0.2) is 51.0 Å². The predicted octanol–water partition coefficient (Wildman–Crippen LogP) is 6.36. The van der Waals surface area contributed by atoms with Gasteiger partial charge in [0.1, 0.15) is 22.2 Å². The number of hydrogen-bond acceptors (Lipinski definition) is 8. The van der Waals surface area contributed by atoms with E-state index >= 15 is 0 Å². The van der Waals surface area contributed by atoms with Crippen LogP contribution in [0.1, 0.15) is 40.1 Å². The maximum atomic E-state index is 12.5. The highest BCUT2D eigenvalue weighted by Crippen LogP contribution is 2.36. The summed E-state index contributed by atoms with van der Waals surface area (Å²) >= 11 is 5.89. The highest BCUT2D eigenvalue weighted by molar-refractivity contribution is 7.99. The molecule has 0 saturated heterocycles. The SMILES string of the molecule is N#Cc1c(-c2ccc(-c3cccs3)s2)nc(SCCCCCc2ccsc2C(=O)O)[nH]c1=O. The van der Waals surface area contributed by atoms with Gasteiger partial charge in [0.05, 0.1) is 4.88 Å². The Morgan fingerprint density at radius 2 is 1.94 bits per heavy atom. The largest absolute Gasteiger partial charge is 0.477 e. The Morgan fingerprint density at radius 1 is 1.09 bits per heavy atom. The van der Waals surface area contributed by atoms with Gasteiger partial charge in [-0.2, -0.15) is 5.26 Å². The topological polar surface area (TPSA) is 107 Å². The summed E-state index contributed by atoms with van der Waals surface area (Å²) in [6, 6.07) is 11.8. The standard InChI is InChI=1S/C23H19N3O3S4/c24-13-15-19(18-8-7-17(33-18)16-6-4-11-30-16)25-23(26-21(15)27)32-10-3-1-2-5-14-9-12-31-20(14)22(28)29/h4,6-9,11-12H,1-3,5,10H2,(H,28,29)(H,25,26,27). The molecule has 0 aliphatic heterocycles. The molecular weight excluding hydrogens is 495 g/mol. The number of nitrogens with one attached hydrogen (secondary N) is 1. The van der Waals surface area contributed by atoms with E-state index in [2.05, 4.69) is 9.97 Å². The van der Waals surface area contributed by atoms with Gasteiger partial charge in [-0.05, 0) is 59.9 Å². The summed E-state index contributed by atoms with van der Waals surface area (Å²) in [5.74, 6) is -0.0929. The maximum absolute atomic E-state index is 12.5. The molecule has 0 aromatic carbocycles. The van der Waals surface area contributed by atoms with Crippen molar-refractivity contribution in [3.8, 4) is 26.4 Å². The number of carboxylic acid groups (broad SMARTS) is 1. The Bertz CT molecular complexity index is 1350. The number of carbonyl (C=O) groups is 1. The van der Waals surface area contributed by atoms with Crippen LogP contribution in [0.2, 0.25) is 0 Å². The molecule has 6 nitrogen and oxygen atoms in total. The van der Waals surface area contributed by atoms with Crippen LogP contribution in [0.4, 0.5) is 0 Å². The van der Waals surface area contributed by atoms with Gasteiger partial charge in [0.15, 0.2) is 5.16 Å². The molecule has 0 unspecified atom stereocenters. The van der Waals surface area contributed by atoms with Gasteiger partial charge >= 0.3 is 5.97 Å². The third-order valence-electron chi connectivity index (χ3n) is 4.88. The van der Waals surface area contributed by atoms with Gasteiger partial charge in [0, 0.05) is 15.5 Å². The minimum Gasteiger partial charge on any atom is -0.477 e. The minimum absolute atomic E-state index is 0.0314. The zero-order valence-corrected chi connectivity index (χ0v) is 20.6. The Balaban J connectivity index is 1.37. The summed E-state index contributed by atoms with van der Waals surface area (Å²) in [7, 11) is 0. The number of thioether (sulfide) groups is 1. The molecule has 33 heavy (non-hydrogen) atoms. The first-order valence-corrected chi connectivity index (χ1v) is 13.7. The van der Waals surface area contributed by atoms with E-state index < -0.39 is 11.5 Å². The summed E-state index contributed by atoms with van der Waals surface area (Å²) < 4.78 is 0. The maximum Gasteiger partial charge on any atom is 0.346 e. The molecule has 0 spiro atoms. The lowest BCUT2D eigenvalue weighted by atomic mass is 10.1. The second-order valence-electron chi connectivity index (χ2n) is 7.09. The summed E-state index contributed by atoms with van der Waals surface area (Å²) in [5, 5.41) is 23.0. The first-order valence-electron chi connectivity index (χ1n) is 10.2. The van der Waals surface area contributed by atoms with E-state index in [1.54, 1.807) is 11.3 Å². The van der Waals surface area contributed by atoms with E-state index in [9.17, 15) is 20.0 Å². The summed E-state index contributed by atoms with van der Waals surface area (Å²) in [5.41, 5.74) is 0.926. The van der Waals surface area contributed by atoms with Crippen LogP contribution in [0.25, 0.3) is 20.3 Å². The van der Waals surface area contributed by atoms with E-state index in [4.69, 9.17) is 0 Å². The molecule has 0 aliphatic rings. The van der Waals surface area contributed by atoms with Crippen LogP contribution in [0.5, 0.6) is 0 Å². The summed E-state index contributed by atoms with van der Waals surface area (Å²) in [4.78, 5) is 34.4. The summed E-state index contributed by atoms with van der Waals surface area (Å²) in [6.45, 7) is 0. The van der Waals surface area contributed by atoms with E-state index in [-0.39, 0.29) is 5.56 Å².